The van der Waals surface area contributed by atoms with E-state index in [1.807, 2.05) is 0 Å². The van der Waals surface area contributed by atoms with Crippen molar-refractivity contribution in [2.24, 2.45) is 11.3 Å². The van der Waals surface area contributed by atoms with Crippen molar-refractivity contribution in [3.8, 4) is 0 Å². The van der Waals surface area contributed by atoms with Crippen molar-refractivity contribution in [1.82, 2.24) is 0 Å². The molecular weight excluding hydrogens is 152 g/mol. The van der Waals surface area contributed by atoms with Crippen LogP contribution in [0.1, 0.15) is 32.6 Å². The molecule has 0 aliphatic heterocycles. The molecule has 2 nitrogen and oxygen atoms in total. The van der Waals surface area contributed by atoms with Gasteiger partial charge in [0.1, 0.15) is 6.29 Å². The lowest BCUT2D eigenvalue weighted by molar-refractivity contribution is -0.119. The second kappa shape index (κ2) is 4.04. The van der Waals surface area contributed by atoms with Crippen molar-refractivity contribution in [3.63, 3.8) is 0 Å². The SMILES string of the molecule is COCC(C)C1(C=O)CCCC1. The molecule has 2 heteroatoms. The predicted molar refractivity (Wildman–Crippen MR) is 48.0 cm³/mol. The molecule has 1 saturated carbocycles. The van der Waals surface area contributed by atoms with E-state index in [-0.39, 0.29) is 5.41 Å². The Kier molecular flexibility index (Phi) is 3.27. The van der Waals surface area contributed by atoms with E-state index in [0.29, 0.717) is 12.5 Å². The Labute approximate surface area is 74.3 Å². The van der Waals surface area contributed by atoms with Crippen molar-refractivity contribution in [1.29, 1.82) is 0 Å². The largest absolute Gasteiger partial charge is 0.384 e. The van der Waals surface area contributed by atoms with E-state index >= 15 is 0 Å². The van der Waals surface area contributed by atoms with Crippen molar-refractivity contribution < 1.29 is 9.53 Å². The average Bonchev–Trinajstić information content (AvgIpc) is 2.54. The molecule has 1 fully saturated rings. The first-order valence-electron chi connectivity index (χ1n) is 4.70. The number of carbonyl (C=O) groups is 1. The molecule has 0 aromatic heterocycles. The van der Waals surface area contributed by atoms with Crippen LogP contribution in [0.3, 0.4) is 0 Å². The van der Waals surface area contributed by atoms with E-state index < -0.39 is 0 Å². The maximum Gasteiger partial charge on any atom is 0.126 e. The highest BCUT2D eigenvalue weighted by Crippen LogP contribution is 2.42. The van der Waals surface area contributed by atoms with Gasteiger partial charge in [0.25, 0.3) is 0 Å². The second-order valence-corrected chi connectivity index (χ2v) is 3.91. The Morgan fingerprint density at radius 2 is 2.08 bits per heavy atom. The van der Waals surface area contributed by atoms with E-state index in [1.54, 1.807) is 7.11 Å². The van der Waals surface area contributed by atoms with Crippen LogP contribution in [-0.2, 0) is 9.53 Å². The Balaban J connectivity index is 2.58. The molecule has 0 saturated heterocycles. The number of carbonyl (C=O) groups excluding carboxylic acids is 1. The molecule has 1 rings (SSSR count). The van der Waals surface area contributed by atoms with Gasteiger partial charge in [0.15, 0.2) is 0 Å². The molecule has 1 atom stereocenters. The topological polar surface area (TPSA) is 26.3 Å². The van der Waals surface area contributed by atoms with Gasteiger partial charge < -0.3 is 9.53 Å². The summed E-state index contributed by atoms with van der Waals surface area (Å²) in [5.74, 6) is 0.377. The lowest BCUT2D eigenvalue weighted by Gasteiger charge is -2.28. The lowest BCUT2D eigenvalue weighted by Crippen LogP contribution is -2.30. The Hall–Kier alpha value is -0.370. The van der Waals surface area contributed by atoms with E-state index in [4.69, 9.17) is 4.74 Å². The van der Waals surface area contributed by atoms with Gasteiger partial charge in [-0.2, -0.15) is 0 Å². The number of hydrogen-bond acceptors (Lipinski definition) is 2. The van der Waals surface area contributed by atoms with Crippen LogP contribution in [0, 0.1) is 11.3 Å². The highest BCUT2D eigenvalue weighted by molar-refractivity contribution is 5.60. The molecule has 0 spiro atoms. The highest BCUT2D eigenvalue weighted by atomic mass is 16.5. The van der Waals surface area contributed by atoms with Crippen molar-refractivity contribution in [2.75, 3.05) is 13.7 Å². The van der Waals surface area contributed by atoms with Gasteiger partial charge in [-0.15, -0.1) is 0 Å². The first kappa shape index (κ1) is 9.72. The number of rotatable bonds is 4. The van der Waals surface area contributed by atoms with Crippen LogP contribution < -0.4 is 0 Å². The molecule has 1 unspecified atom stereocenters. The first-order chi connectivity index (χ1) is 5.75. The van der Waals surface area contributed by atoms with Gasteiger partial charge in [-0.1, -0.05) is 19.8 Å². The molecule has 70 valence electrons. The molecule has 1 aliphatic carbocycles. The molecule has 0 N–H and O–H groups in total. The number of methoxy groups -OCH3 is 1. The second-order valence-electron chi connectivity index (χ2n) is 3.91. The van der Waals surface area contributed by atoms with Gasteiger partial charge >= 0.3 is 0 Å². The van der Waals surface area contributed by atoms with E-state index in [0.717, 1.165) is 19.1 Å². The molecular formula is C10H18O2. The van der Waals surface area contributed by atoms with Gasteiger partial charge in [0.05, 0.1) is 0 Å². The van der Waals surface area contributed by atoms with Crippen LogP contribution in [0.15, 0.2) is 0 Å². The standard InChI is InChI=1S/C10H18O2/c1-9(7-12-2)10(8-11)5-3-4-6-10/h8-9H,3-7H2,1-2H3. The van der Waals surface area contributed by atoms with E-state index in [9.17, 15) is 4.79 Å². The summed E-state index contributed by atoms with van der Waals surface area (Å²) in [5, 5.41) is 0. The molecule has 0 heterocycles. The van der Waals surface area contributed by atoms with Gasteiger partial charge in [-0.25, -0.2) is 0 Å². The first-order valence-corrected chi connectivity index (χ1v) is 4.70. The summed E-state index contributed by atoms with van der Waals surface area (Å²) < 4.78 is 5.08. The van der Waals surface area contributed by atoms with Crippen molar-refractivity contribution in [2.45, 2.75) is 32.6 Å². The summed E-state index contributed by atoms with van der Waals surface area (Å²) in [6.45, 7) is 2.82. The molecule has 0 bridgehead atoms. The third-order valence-corrected chi connectivity index (χ3v) is 3.17. The van der Waals surface area contributed by atoms with E-state index in [1.165, 1.54) is 12.8 Å². The minimum atomic E-state index is -0.0595. The maximum absolute atomic E-state index is 11.0. The van der Waals surface area contributed by atoms with Crippen LogP contribution >= 0.6 is 0 Å². The monoisotopic (exact) mass is 170 g/mol. The quantitative estimate of drug-likeness (QED) is 0.603. The van der Waals surface area contributed by atoms with Crippen LogP contribution in [0.5, 0.6) is 0 Å². The van der Waals surface area contributed by atoms with Crippen LogP contribution in [0.25, 0.3) is 0 Å². The molecule has 0 aromatic rings. The van der Waals surface area contributed by atoms with Crippen LogP contribution in [-0.4, -0.2) is 20.0 Å². The summed E-state index contributed by atoms with van der Waals surface area (Å²) in [6.07, 6.45) is 5.67. The highest BCUT2D eigenvalue weighted by Gasteiger charge is 2.38. The summed E-state index contributed by atoms with van der Waals surface area (Å²) in [6, 6.07) is 0. The number of hydrogen-bond donors (Lipinski definition) is 0. The zero-order valence-corrected chi connectivity index (χ0v) is 8.01. The fraction of sp³-hybridized carbons (Fsp3) is 0.900. The minimum absolute atomic E-state index is 0.0595. The average molecular weight is 170 g/mol. The molecule has 12 heavy (non-hydrogen) atoms. The Morgan fingerprint density at radius 3 is 2.50 bits per heavy atom. The van der Waals surface area contributed by atoms with Crippen LogP contribution in [0.4, 0.5) is 0 Å². The smallest absolute Gasteiger partial charge is 0.126 e. The summed E-state index contributed by atoms with van der Waals surface area (Å²) >= 11 is 0. The maximum atomic E-state index is 11.0. The van der Waals surface area contributed by atoms with Gasteiger partial charge in [-0.05, 0) is 18.8 Å². The molecule has 0 radical (unpaired) electrons. The fourth-order valence-electron chi connectivity index (χ4n) is 2.18. The fourth-order valence-corrected chi connectivity index (χ4v) is 2.18. The van der Waals surface area contributed by atoms with Crippen molar-refractivity contribution in [3.05, 3.63) is 0 Å². The molecule has 0 amide bonds. The Bertz CT molecular complexity index is 148. The third-order valence-electron chi connectivity index (χ3n) is 3.17. The normalized spacial score (nSPS) is 23.8. The zero-order valence-electron chi connectivity index (χ0n) is 8.01. The molecule has 1 aliphatic rings. The molecule has 0 aromatic carbocycles. The van der Waals surface area contributed by atoms with E-state index in [2.05, 4.69) is 6.92 Å². The van der Waals surface area contributed by atoms with Gasteiger partial charge in [0.2, 0.25) is 0 Å². The summed E-state index contributed by atoms with van der Waals surface area (Å²) in [4.78, 5) is 11.0. The van der Waals surface area contributed by atoms with Crippen LogP contribution in [0.2, 0.25) is 0 Å². The van der Waals surface area contributed by atoms with Gasteiger partial charge in [-0.3, -0.25) is 0 Å². The summed E-state index contributed by atoms with van der Waals surface area (Å²) in [7, 11) is 1.70. The predicted octanol–water partition coefficient (Wildman–Crippen LogP) is 2.03. The number of ether oxygens (including phenoxy) is 1. The third kappa shape index (κ3) is 1.69. The summed E-state index contributed by atoms with van der Waals surface area (Å²) in [5.41, 5.74) is -0.0595. The Morgan fingerprint density at radius 1 is 1.50 bits per heavy atom. The lowest BCUT2D eigenvalue weighted by atomic mass is 9.76. The zero-order chi connectivity index (χ0) is 9.03. The van der Waals surface area contributed by atoms with Gasteiger partial charge in [0, 0.05) is 19.1 Å². The van der Waals surface area contributed by atoms with Crippen molar-refractivity contribution >= 4 is 6.29 Å². The minimum Gasteiger partial charge on any atom is -0.384 e. The number of aldehydes is 1.